The van der Waals surface area contributed by atoms with Gasteiger partial charge in [0.05, 0.1) is 45.7 Å². The van der Waals surface area contributed by atoms with Gasteiger partial charge in [0, 0.05) is 25.0 Å². The van der Waals surface area contributed by atoms with Crippen LogP contribution in [0, 0.1) is 12.8 Å². The Bertz CT molecular complexity index is 1690. The Hall–Kier alpha value is -3.74. The van der Waals surface area contributed by atoms with E-state index in [2.05, 4.69) is 18.8 Å². The van der Waals surface area contributed by atoms with Gasteiger partial charge in [-0.05, 0) is 43.5 Å². The Morgan fingerprint density at radius 3 is 2.43 bits per heavy atom. The number of hydrogen-bond donors (Lipinski definition) is 1. The number of aryl methyl sites for hydroxylation is 1. The molecule has 12 heteroatoms. The molecule has 3 unspecified atom stereocenters. The molecule has 4 aromatic rings. The second kappa shape index (κ2) is 14.4. The number of nitrogens with zero attached hydrogens (tertiary/aromatic N) is 4. The number of H-pyrrole nitrogens is 1. The van der Waals surface area contributed by atoms with Gasteiger partial charge >= 0.3 is 0 Å². The molecule has 0 spiro atoms. The number of rotatable bonds is 15. The summed E-state index contributed by atoms with van der Waals surface area (Å²) in [6, 6.07) is 10.7. The molecule has 238 valence electrons. The van der Waals surface area contributed by atoms with E-state index in [1.807, 2.05) is 26.0 Å². The Labute approximate surface area is 261 Å². The predicted octanol–water partition coefficient (Wildman–Crippen LogP) is 5.15. The van der Waals surface area contributed by atoms with Crippen LogP contribution in [0.5, 0.6) is 17.2 Å². The Morgan fingerprint density at radius 2 is 1.80 bits per heavy atom. The van der Waals surface area contributed by atoms with Crippen molar-refractivity contribution in [2.24, 2.45) is 5.92 Å². The van der Waals surface area contributed by atoms with Crippen molar-refractivity contribution >= 4 is 22.5 Å². The quantitative estimate of drug-likeness (QED) is 0.142. The summed E-state index contributed by atoms with van der Waals surface area (Å²) < 4.78 is 43.5. The summed E-state index contributed by atoms with van der Waals surface area (Å²) in [6.07, 6.45) is 4.27. The number of hydrogen-bond acceptors (Lipinski definition) is 8. The lowest BCUT2D eigenvalue weighted by atomic mass is 9.97. The minimum atomic E-state index is -2.54. The van der Waals surface area contributed by atoms with E-state index in [1.165, 1.54) is 0 Å². The fourth-order valence-electron chi connectivity index (χ4n) is 5.55. The molecule has 0 aliphatic rings. The molecule has 0 aliphatic carbocycles. The number of methoxy groups -OCH3 is 2. The van der Waals surface area contributed by atoms with Gasteiger partial charge in [-0.15, -0.1) is 5.10 Å². The van der Waals surface area contributed by atoms with E-state index in [0.29, 0.717) is 65.1 Å². The molecule has 0 radical (unpaired) electrons. The maximum Gasteiger partial charge on any atom is 0.277 e. The summed E-state index contributed by atoms with van der Waals surface area (Å²) in [5.41, 5.74) is 2.59. The van der Waals surface area contributed by atoms with Gasteiger partial charge in [0.2, 0.25) is 0 Å². The third-order valence-corrected chi connectivity index (χ3v) is 9.21. The monoisotopic (exact) mass is 625 g/mol. The van der Waals surface area contributed by atoms with Gasteiger partial charge in [0.15, 0.2) is 34.1 Å². The van der Waals surface area contributed by atoms with E-state index in [-0.39, 0.29) is 17.9 Å². The van der Waals surface area contributed by atoms with Gasteiger partial charge in [-0.25, -0.2) is 17.6 Å². The van der Waals surface area contributed by atoms with Crippen molar-refractivity contribution in [1.82, 2.24) is 23.5 Å². The number of aromatic amines is 1. The summed E-state index contributed by atoms with van der Waals surface area (Å²) in [5, 5.41) is 4.85. The van der Waals surface area contributed by atoms with Crippen molar-refractivity contribution in [3.8, 4) is 28.6 Å². The van der Waals surface area contributed by atoms with Gasteiger partial charge in [0.25, 0.3) is 5.56 Å². The van der Waals surface area contributed by atoms with Gasteiger partial charge < -0.3 is 23.7 Å². The minimum absolute atomic E-state index is 0.239. The molecule has 0 aliphatic heterocycles. The topological polar surface area (TPSA) is 131 Å². The Balaban J connectivity index is 1.79. The van der Waals surface area contributed by atoms with Crippen LogP contribution in [-0.2, 0) is 24.1 Å². The zero-order valence-electron chi connectivity index (χ0n) is 26.6. The van der Waals surface area contributed by atoms with E-state index in [1.54, 1.807) is 50.0 Å². The van der Waals surface area contributed by atoms with Crippen molar-refractivity contribution in [2.75, 3.05) is 34.4 Å². The second-order valence-corrected chi connectivity index (χ2v) is 12.3. The Morgan fingerprint density at radius 1 is 1.07 bits per heavy atom. The molecule has 1 N–H and O–H groups in total. The molecule has 4 rings (SSSR count). The van der Waals surface area contributed by atoms with Crippen LogP contribution in [-0.4, -0.2) is 62.8 Å². The van der Waals surface area contributed by atoms with Gasteiger partial charge in [-0.2, -0.15) is 0 Å². The first kappa shape index (κ1) is 33.2. The maximum absolute atomic E-state index is 13.4. The van der Waals surface area contributed by atoms with Crippen molar-refractivity contribution < 1.29 is 23.0 Å². The molecule has 0 bridgehead atoms. The van der Waals surface area contributed by atoms with Crippen LogP contribution in [0.3, 0.4) is 0 Å². The number of ether oxygens (including phenoxy) is 3. The molecule has 0 saturated carbocycles. The van der Waals surface area contributed by atoms with Gasteiger partial charge in [0.1, 0.15) is 17.3 Å². The lowest BCUT2D eigenvalue weighted by molar-refractivity contribution is 0.341. The molecule has 0 saturated heterocycles. The number of aromatic nitrogens is 4. The molecule has 0 amide bonds. The highest BCUT2D eigenvalue weighted by Gasteiger charge is 2.30. The average molecular weight is 626 g/mol. The van der Waals surface area contributed by atoms with Crippen molar-refractivity contribution in [3.63, 3.8) is 0 Å². The van der Waals surface area contributed by atoms with Crippen LogP contribution in [0.25, 0.3) is 16.9 Å². The highest BCUT2D eigenvalue weighted by atomic mass is 32.2. The molecule has 44 heavy (non-hydrogen) atoms. The molecule has 2 aromatic carbocycles. The number of nitrogens with one attached hydrogen (secondary N) is 1. The second-order valence-electron chi connectivity index (χ2n) is 11.0. The molecule has 2 heterocycles. The van der Waals surface area contributed by atoms with Crippen LogP contribution in [0.2, 0.25) is 0 Å². The lowest BCUT2D eigenvalue weighted by Crippen LogP contribution is -2.48. The summed E-state index contributed by atoms with van der Waals surface area (Å²) in [4.78, 5) is 21.0. The standard InChI is InChI=1S/C32H43N5O6S/c1-8-11-22(9-2)19-29-33-21(4)30-32(38)34-31(35-36(29)30)25-20-24(13-15-26(25)43-10-3)37(5,44(39)40)17-16-23-12-14-27(41-6)28(18-23)42-7/h12-15,18,20,22H,8-11,16-17,19H2,1-7H3,(H-,34,35,38,39,40). The molecule has 2 aromatic heterocycles. The first-order valence-electron chi connectivity index (χ1n) is 15.0. The smallest absolute Gasteiger partial charge is 0.277 e. The van der Waals surface area contributed by atoms with Crippen LogP contribution in [0.1, 0.15) is 57.1 Å². The molecule has 11 nitrogen and oxygen atoms in total. The zero-order chi connectivity index (χ0) is 32.0. The highest BCUT2D eigenvalue weighted by Crippen LogP contribution is 2.35. The number of likely N-dealkylation sites (N-methyl/N-ethyl adjacent to an activating group) is 1. The van der Waals surface area contributed by atoms with E-state index in [0.717, 1.165) is 30.7 Å². The van der Waals surface area contributed by atoms with Crippen LogP contribution >= 0.6 is 0 Å². The number of imidazole rings is 1. The third-order valence-electron chi connectivity index (χ3n) is 8.16. The SMILES string of the molecule is CCCC(CC)Cc1nc(C)c2c(=O)[nH]c(-c3cc([N+](C)(CCc4ccc(OC)c(OC)c4)S(=O)[O-])ccc3OCC)nn12. The molecule has 0 fully saturated rings. The van der Waals surface area contributed by atoms with E-state index in [4.69, 9.17) is 24.3 Å². The van der Waals surface area contributed by atoms with Crippen LogP contribution in [0.15, 0.2) is 41.2 Å². The van der Waals surface area contributed by atoms with E-state index >= 15 is 0 Å². The Kier molecular flexibility index (Phi) is 10.8. The predicted molar refractivity (Wildman–Crippen MR) is 172 cm³/mol. The van der Waals surface area contributed by atoms with E-state index < -0.39 is 15.2 Å². The van der Waals surface area contributed by atoms with Crippen molar-refractivity contribution in [3.05, 3.63) is 63.8 Å². The maximum atomic E-state index is 13.4. The molecule has 3 atom stereocenters. The van der Waals surface area contributed by atoms with Gasteiger partial charge in [-0.1, -0.05) is 39.2 Å². The van der Waals surface area contributed by atoms with Crippen molar-refractivity contribution in [2.45, 2.75) is 59.8 Å². The summed E-state index contributed by atoms with van der Waals surface area (Å²) in [5.74, 6) is 3.09. The van der Waals surface area contributed by atoms with Crippen LogP contribution < -0.4 is 23.7 Å². The average Bonchev–Trinajstić information content (AvgIpc) is 3.34. The summed E-state index contributed by atoms with van der Waals surface area (Å²) >= 11 is -2.54. The fraction of sp³-hybridized carbons (Fsp3) is 0.469. The highest BCUT2D eigenvalue weighted by molar-refractivity contribution is 7.78. The van der Waals surface area contributed by atoms with Gasteiger partial charge in [-0.3, -0.25) is 4.79 Å². The zero-order valence-corrected chi connectivity index (χ0v) is 27.5. The largest absolute Gasteiger partial charge is 0.724 e. The lowest BCUT2D eigenvalue weighted by Gasteiger charge is -2.34. The van der Waals surface area contributed by atoms with Crippen LogP contribution in [0.4, 0.5) is 5.69 Å². The molecular weight excluding hydrogens is 582 g/mol. The van der Waals surface area contributed by atoms with Crippen molar-refractivity contribution in [1.29, 1.82) is 0 Å². The number of benzene rings is 2. The normalized spacial score (nSPS) is 14.3. The first-order chi connectivity index (χ1) is 21.1. The number of fused-ring (bicyclic) bond motifs is 1. The van der Waals surface area contributed by atoms with E-state index in [9.17, 15) is 13.6 Å². The molecular formula is C32H43N5O6S. The fourth-order valence-corrected chi connectivity index (χ4v) is 6.08. The summed E-state index contributed by atoms with van der Waals surface area (Å²) in [6.45, 7) is 8.62. The first-order valence-corrected chi connectivity index (χ1v) is 16.1. The third kappa shape index (κ3) is 6.82. The minimum Gasteiger partial charge on any atom is -0.724 e. The summed E-state index contributed by atoms with van der Waals surface area (Å²) in [7, 11) is 4.77. The number of quaternary nitrogens is 1.